The minimum atomic E-state index is -0.0708. The summed E-state index contributed by atoms with van der Waals surface area (Å²) in [7, 11) is 0. The number of benzene rings is 9. The molecule has 1 aliphatic rings. The van der Waals surface area contributed by atoms with Gasteiger partial charge in [0, 0.05) is 63.8 Å². The van der Waals surface area contributed by atoms with Gasteiger partial charge in [-0.3, -0.25) is 0 Å². The second kappa shape index (κ2) is 13.9. The van der Waals surface area contributed by atoms with E-state index in [4.69, 9.17) is 23.8 Å². The number of thiophene rings is 1. The van der Waals surface area contributed by atoms with Crippen LogP contribution in [0.15, 0.2) is 197 Å². The summed E-state index contributed by atoms with van der Waals surface area (Å²) in [6.07, 6.45) is 0. The summed E-state index contributed by atoms with van der Waals surface area (Å²) in [5.41, 5.74) is 15.9. The fourth-order valence-electron chi connectivity index (χ4n) is 10.5. The van der Waals surface area contributed by atoms with Crippen molar-refractivity contribution in [2.45, 2.75) is 19.3 Å². The number of fused-ring (bicyclic) bond motifs is 12. The number of para-hydroxylation sites is 1. The second-order valence-corrected chi connectivity index (χ2v) is 19.0. The molecule has 0 radical (unpaired) electrons. The summed E-state index contributed by atoms with van der Waals surface area (Å²) in [5.74, 6) is 1.77. The Bertz CT molecular complexity index is 4170. The topological polar surface area (TPSA) is 65.0 Å². The minimum Gasteiger partial charge on any atom is -0.456 e. The summed E-state index contributed by atoms with van der Waals surface area (Å²) < 4.78 is 15.3. The van der Waals surface area contributed by atoms with Crippen LogP contribution in [0.25, 0.3) is 132 Å². The van der Waals surface area contributed by atoms with E-state index >= 15 is 0 Å². The Morgan fingerprint density at radius 3 is 1.76 bits per heavy atom. The monoisotopic (exact) mass is 863 g/mol. The molecule has 1 aliphatic carbocycles. The van der Waals surface area contributed by atoms with Crippen LogP contribution in [-0.2, 0) is 5.41 Å². The fraction of sp³-hybridized carbons (Fsp3) is 0.0500. The lowest BCUT2D eigenvalue weighted by molar-refractivity contribution is 0.660. The van der Waals surface area contributed by atoms with E-state index in [9.17, 15) is 0 Å². The Kier molecular flexibility index (Phi) is 7.84. The highest BCUT2D eigenvalue weighted by atomic mass is 32.1. The first kappa shape index (κ1) is 37.2. The van der Waals surface area contributed by atoms with Crippen molar-refractivity contribution in [3.05, 3.63) is 199 Å². The zero-order valence-electron chi connectivity index (χ0n) is 36.0. The third-order valence-corrected chi connectivity index (χ3v) is 14.9. The van der Waals surface area contributed by atoms with Crippen LogP contribution in [0.2, 0.25) is 0 Å². The average Bonchev–Trinajstić information content (AvgIpc) is 4.11. The molecular weight excluding hydrogens is 827 g/mol. The molecule has 0 bridgehead atoms. The van der Waals surface area contributed by atoms with E-state index in [0.717, 1.165) is 77.1 Å². The lowest BCUT2D eigenvalue weighted by Crippen LogP contribution is -2.14. The number of furan rings is 2. The van der Waals surface area contributed by atoms with Gasteiger partial charge in [-0.2, -0.15) is 0 Å². The van der Waals surface area contributed by atoms with Gasteiger partial charge in [0.15, 0.2) is 17.5 Å². The van der Waals surface area contributed by atoms with Crippen molar-refractivity contribution in [3.63, 3.8) is 0 Å². The quantitative estimate of drug-likeness (QED) is 0.172. The van der Waals surface area contributed by atoms with E-state index in [2.05, 4.69) is 159 Å². The second-order valence-electron chi connectivity index (χ2n) is 17.9. The van der Waals surface area contributed by atoms with Crippen LogP contribution in [-0.4, -0.2) is 15.0 Å². The Labute approximate surface area is 383 Å². The lowest BCUT2D eigenvalue weighted by atomic mass is 9.81. The summed E-state index contributed by atoms with van der Waals surface area (Å²) in [5, 5.41) is 6.36. The third kappa shape index (κ3) is 5.55. The van der Waals surface area contributed by atoms with Crippen LogP contribution in [0.1, 0.15) is 25.0 Å². The van der Waals surface area contributed by atoms with Crippen LogP contribution in [0.4, 0.5) is 0 Å². The summed E-state index contributed by atoms with van der Waals surface area (Å²) in [6, 6.07) is 66.7. The largest absolute Gasteiger partial charge is 0.456 e. The molecule has 0 amide bonds. The Balaban J connectivity index is 0.935. The van der Waals surface area contributed by atoms with E-state index in [1.54, 1.807) is 11.3 Å². The van der Waals surface area contributed by atoms with E-state index in [1.165, 1.54) is 48.2 Å². The zero-order valence-corrected chi connectivity index (χ0v) is 36.8. The first-order chi connectivity index (χ1) is 32.4. The fourth-order valence-corrected chi connectivity index (χ4v) is 11.7. The van der Waals surface area contributed by atoms with Gasteiger partial charge in [0.25, 0.3) is 0 Å². The molecule has 0 atom stereocenters. The molecule has 0 unspecified atom stereocenters. The molecule has 66 heavy (non-hydrogen) atoms. The van der Waals surface area contributed by atoms with E-state index in [-0.39, 0.29) is 5.41 Å². The van der Waals surface area contributed by atoms with Crippen molar-refractivity contribution in [1.29, 1.82) is 0 Å². The molecule has 0 aliphatic heterocycles. The predicted octanol–water partition coefficient (Wildman–Crippen LogP) is 16.7. The predicted molar refractivity (Wildman–Crippen MR) is 272 cm³/mol. The maximum Gasteiger partial charge on any atom is 0.164 e. The van der Waals surface area contributed by atoms with Crippen molar-refractivity contribution in [2.24, 2.45) is 0 Å². The molecule has 0 N–H and O–H groups in total. The average molecular weight is 864 g/mol. The molecule has 310 valence electrons. The number of rotatable bonds is 5. The van der Waals surface area contributed by atoms with Gasteiger partial charge in [0.1, 0.15) is 22.3 Å². The Hall–Kier alpha value is -8.19. The van der Waals surface area contributed by atoms with Crippen molar-refractivity contribution < 1.29 is 8.83 Å². The van der Waals surface area contributed by atoms with Crippen molar-refractivity contribution in [2.75, 3.05) is 0 Å². The van der Waals surface area contributed by atoms with E-state index < -0.39 is 0 Å². The molecule has 0 spiro atoms. The van der Waals surface area contributed by atoms with Gasteiger partial charge in [0.05, 0.1) is 0 Å². The van der Waals surface area contributed by atoms with Gasteiger partial charge in [0.2, 0.25) is 0 Å². The van der Waals surface area contributed by atoms with Gasteiger partial charge in [-0.15, -0.1) is 11.3 Å². The first-order valence-electron chi connectivity index (χ1n) is 22.3. The molecule has 5 nitrogen and oxygen atoms in total. The minimum absolute atomic E-state index is 0.0708. The maximum atomic E-state index is 6.61. The standard InChI is InChI=1S/C60H37N3O2S/c1-60(2)47-19-6-3-14-39(47)40-27-24-37(33-48(40)60)35-13-9-12-34(30-35)36-25-28-51-46(31-36)55-43(17-10-21-52(55)65-51)58-61-57(38-26-29-50-45(32-38)41-15-4-7-20-49(41)64-50)62-59(63-58)44-18-11-23-54-56(44)42-16-5-8-22-53(42)66-54/h3-33H,1-2H3. The molecule has 4 aromatic heterocycles. The van der Waals surface area contributed by atoms with Crippen molar-refractivity contribution in [3.8, 4) is 67.5 Å². The molecular formula is C60H37N3O2S. The number of nitrogens with zero attached hydrogens (tertiary/aromatic N) is 3. The smallest absolute Gasteiger partial charge is 0.164 e. The molecule has 14 rings (SSSR count). The van der Waals surface area contributed by atoms with Gasteiger partial charge in [-0.05, 0) is 111 Å². The number of hydrogen-bond donors (Lipinski definition) is 0. The summed E-state index contributed by atoms with van der Waals surface area (Å²) in [6.45, 7) is 4.67. The van der Waals surface area contributed by atoms with Crippen LogP contribution < -0.4 is 0 Å². The van der Waals surface area contributed by atoms with E-state index in [1.807, 2.05) is 42.5 Å². The first-order valence-corrected chi connectivity index (χ1v) is 23.1. The highest BCUT2D eigenvalue weighted by Crippen LogP contribution is 2.50. The SMILES string of the molecule is CC1(C)c2ccccc2-c2ccc(-c3cccc(-c4ccc5oc6cccc(-c7nc(-c8ccc9oc%10ccccc%10c9c8)nc(-c8cccc9sc%10ccccc%10c89)n7)c6c5c4)c3)cc21. The number of hydrogen-bond acceptors (Lipinski definition) is 6. The third-order valence-electron chi connectivity index (χ3n) is 13.8. The van der Waals surface area contributed by atoms with Crippen LogP contribution in [0.5, 0.6) is 0 Å². The van der Waals surface area contributed by atoms with Gasteiger partial charge in [-0.1, -0.05) is 135 Å². The van der Waals surface area contributed by atoms with E-state index in [0.29, 0.717) is 17.5 Å². The maximum absolute atomic E-state index is 6.61. The van der Waals surface area contributed by atoms with Gasteiger partial charge < -0.3 is 8.83 Å². The van der Waals surface area contributed by atoms with Gasteiger partial charge in [-0.25, -0.2) is 15.0 Å². The molecule has 9 aromatic carbocycles. The highest BCUT2D eigenvalue weighted by Gasteiger charge is 2.35. The van der Waals surface area contributed by atoms with Crippen molar-refractivity contribution in [1.82, 2.24) is 15.0 Å². The van der Waals surface area contributed by atoms with Crippen LogP contribution >= 0.6 is 11.3 Å². The summed E-state index contributed by atoms with van der Waals surface area (Å²) in [4.78, 5) is 16.0. The Morgan fingerprint density at radius 1 is 0.348 bits per heavy atom. The zero-order chi connectivity index (χ0) is 43.7. The molecule has 4 heterocycles. The molecule has 0 fully saturated rings. The lowest BCUT2D eigenvalue weighted by Gasteiger charge is -2.22. The summed E-state index contributed by atoms with van der Waals surface area (Å²) >= 11 is 1.79. The number of aromatic nitrogens is 3. The Morgan fingerprint density at radius 2 is 0.894 bits per heavy atom. The normalized spacial score (nSPS) is 13.1. The van der Waals surface area contributed by atoms with Gasteiger partial charge >= 0.3 is 0 Å². The molecule has 0 saturated heterocycles. The highest BCUT2D eigenvalue weighted by molar-refractivity contribution is 7.25. The van der Waals surface area contributed by atoms with Crippen LogP contribution in [0, 0.1) is 0 Å². The van der Waals surface area contributed by atoms with Crippen molar-refractivity contribution >= 4 is 75.4 Å². The molecule has 13 aromatic rings. The molecule has 0 saturated carbocycles. The molecule has 6 heteroatoms. The van der Waals surface area contributed by atoms with Crippen LogP contribution in [0.3, 0.4) is 0 Å².